The summed E-state index contributed by atoms with van der Waals surface area (Å²) in [5.41, 5.74) is 13.1. The molecular weight excluding hydrogens is 1120 g/mol. The van der Waals surface area contributed by atoms with E-state index in [1.54, 1.807) is 38.5 Å². The summed E-state index contributed by atoms with van der Waals surface area (Å²) in [5, 5.41) is 3.61. The zero-order chi connectivity index (χ0) is 60.8. The van der Waals surface area contributed by atoms with Gasteiger partial charge in [-0.3, -0.25) is 18.7 Å². The number of amides is 2. The minimum atomic E-state index is -4.46. The fourth-order valence-corrected chi connectivity index (χ4v) is 12.8. The summed E-state index contributed by atoms with van der Waals surface area (Å²) in [6.45, 7) is 13.1. The third-order valence-corrected chi connectivity index (χ3v) is 18.0. The number of allylic oxidation sites excluding steroid dienone is 6. The van der Waals surface area contributed by atoms with E-state index in [0.29, 0.717) is 92.5 Å². The first kappa shape index (κ1) is 61.5. The van der Waals surface area contributed by atoms with E-state index >= 15 is 0 Å². The number of fused-ring (bicyclic) bond motifs is 3. The molecule has 1 saturated heterocycles. The van der Waals surface area contributed by atoms with Crippen LogP contribution in [0.5, 0.6) is 17.2 Å². The molecule has 0 bridgehead atoms. The van der Waals surface area contributed by atoms with Crippen molar-refractivity contribution < 1.29 is 54.3 Å². The molecule has 9 rings (SSSR count). The standard InChI is InChI=1S/C64H74N8O11S2/c1-8-70-52-29-27-46(84(75,76)77)38-49(52)63(2,3)57(70)23-14-10-15-24-58-64(4,5)50-39-47(85(78,79)80)28-30-53(50)71(58)33-17-11-16-25-59(73)66-32-36-83-45-22-18-21-44(37-45)54-42-69(60(74)31-26-43-19-12-9-13-20-43)34-35-72(54)62-67-51-41-56(82-7)55(81-6)40-48(51)61(65)68-62/h9-10,12-15,18-24,27-30,37-41,54H,8,11,16-17,25-26,31-36,42H2,1-7H3,(H4-,65,66,67,68,73,75,76,77,78,79,80)/p+1. The number of benzene rings is 5. The lowest BCUT2D eigenvalue weighted by Gasteiger charge is -2.42. The molecule has 3 aliphatic rings. The molecular formula is C64H75N8O11S2+. The van der Waals surface area contributed by atoms with Gasteiger partial charge in [-0.2, -0.15) is 26.4 Å². The maximum Gasteiger partial charge on any atom is 0.294 e. The Balaban J connectivity index is 0.821. The molecule has 1 atom stereocenters. The highest BCUT2D eigenvalue weighted by Crippen LogP contribution is 2.48. The number of carbonyl (C=O) groups is 2. The average molecular weight is 1200 g/mol. The maximum atomic E-state index is 13.8. The molecule has 3 aliphatic heterocycles. The summed E-state index contributed by atoms with van der Waals surface area (Å²) in [4.78, 5) is 42.4. The number of aromatic nitrogens is 2. The highest BCUT2D eigenvalue weighted by molar-refractivity contribution is 7.86. The molecule has 1 unspecified atom stereocenters. The van der Waals surface area contributed by atoms with Crippen molar-refractivity contribution >= 4 is 71.8 Å². The molecule has 6 aromatic rings. The van der Waals surface area contributed by atoms with Crippen LogP contribution in [-0.4, -0.2) is 123 Å². The van der Waals surface area contributed by atoms with Crippen LogP contribution in [0.3, 0.4) is 0 Å². The zero-order valence-corrected chi connectivity index (χ0v) is 50.8. The Morgan fingerprint density at radius 3 is 2.22 bits per heavy atom. The van der Waals surface area contributed by atoms with Gasteiger partial charge in [-0.15, -0.1) is 0 Å². The topological polar surface area (TPSA) is 247 Å². The van der Waals surface area contributed by atoms with Gasteiger partial charge in [-0.1, -0.05) is 74.5 Å². The summed E-state index contributed by atoms with van der Waals surface area (Å²) in [5.74, 6) is 2.25. The van der Waals surface area contributed by atoms with Gasteiger partial charge in [0.15, 0.2) is 17.2 Å². The molecule has 0 saturated carbocycles. The molecule has 0 spiro atoms. The first-order valence-electron chi connectivity index (χ1n) is 28.5. The monoisotopic (exact) mass is 1200 g/mol. The van der Waals surface area contributed by atoms with Gasteiger partial charge in [0.05, 0.1) is 47.5 Å². The molecule has 21 heteroatoms. The van der Waals surface area contributed by atoms with E-state index in [2.05, 4.69) is 19.7 Å². The molecule has 0 aliphatic carbocycles. The number of unbranched alkanes of at least 4 members (excludes halogenated alkanes) is 2. The van der Waals surface area contributed by atoms with Crippen LogP contribution in [0.2, 0.25) is 0 Å². The Morgan fingerprint density at radius 1 is 0.788 bits per heavy atom. The van der Waals surface area contributed by atoms with Gasteiger partial charge in [0.1, 0.15) is 24.7 Å². The lowest BCUT2D eigenvalue weighted by molar-refractivity contribution is -0.438. The molecule has 0 radical (unpaired) electrons. The number of nitrogens with zero attached hydrogens (tertiary/aromatic N) is 6. The molecule has 19 nitrogen and oxygen atoms in total. The third kappa shape index (κ3) is 13.5. The average Bonchev–Trinajstić information content (AvgIpc) is 1.76. The lowest BCUT2D eigenvalue weighted by atomic mass is 9.81. The summed E-state index contributed by atoms with van der Waals surface area (Å²) in [6, 6.07) is 30.2. The van der Waals surface area contributed by atoms with Gasteiger partial charge in [-0.25, -0.2) is 4.98 Å². The highest BCUT2D eigenvalue weighted by atomic mass is 32.2. The van der Waals surface area contributed by atoms with Gasteiger partial charge in [0.2, 0.25) is 23.5 Å². The van der Waals surface area contributed by atoms with Crippen molar-refractivity contribution in [3.63, 3.8) is 0 Å². The first-order valence-corrected chi connectivity index (χ1v) is 31.4. The zero-order valence-electron chi connectivity index (χ0n) is 49.1. The van der Waals surface area contributed by atoms with Gasteiger partial charge >= 0.3 is 0 Å². The normalized spacial score (nSPS) is 17.1. The molecule has 4 heterocycles. The van der Waals surface area contributed by atoms with E-state index in [9.17, 15) is 35.5 Å². The van der Waals surface area contributed by atoms with Crippen molar-refractivity contribution in [1.82, 2.24) is 20.2 Å². The number of piperazine rings is 1. The van der Waals surface area contributed by atoms with E-state index < -0.39 is 31.1 Å². The van der Waals surface area contributed by atoms with E-state index in [1.807, 2.05) is 124 Å². The van der Waals surface area contributed by atoms with E-state index in [0.717, 1.165) is 57.9 Å². The number of ether oxygens (including phenoxy) is 3. The van der Waals surface area contributed by atoms with Gasteiger partial charge < -0.3 is 40.0 Å². The number of nitrogens with two attached hydrogens (primary N) is 1. The minimum absolute atomic E-state index is 0.0512. The Bertz CT molecular complexity index is 3860. The number of aryl methyl sites for hydroxylation is 1. The number of nitrogens with one attached hydrogen (secondary N) is 1. The Morgan fingerprint density at radius 2 is 1.51 bits per heavy atom. The second kappa shape index (κ2) is 25.6. The van der Waals surface area contributed by atoms with Crippen LogP contribution in [0.25, 0.3) is 10.9 Å². The third-order valence-electron chi connectivity index (χ3n) is 16.3. The Kier molecular flexibility index (Phi) is 18.5. The fourth-order valence-electron chi connectivity index (χ4n) is 11.7. The predicted molar refractivity (Wildman–Crippen MR) is 330 cm³/mol. The number of nitrogen functional groups attached to an aromatic ring is 1. The number of methoxy groups -OCH3 is 2. The van der Waals surface area contributed by atoms with E-state index in [-0.39, 0.29) is 46.6 Å². The number of hydrogen-bond acceptors (Lipinski definition) is 14. The van der Waals surface area contributed by atoms with Crippen LogP contribution in [0.1, 0.15) is 95.0 Å². The number of hydrogen-bond donors (Lipinski definition) is 4. The molecule has 85 heavy (non-hydrogen) atoms. The number of carbonyl (C=O) groups excluding carboxylic acids is 2. The second-order valence-electron chi connectivity index (χ2n) is 22.4. The summed E-state index contributed by atoms with van der Waals surface area (Å²) < 4.78 is 87.8. The smallest absolute Gasteiger partial charge is 0.294 e. The van der Waals surface area contributed by atoms with Crippen LogP contribution >= 0.6 is 0 Å². The van der Waals surface area contributed by atoms with Crippen molar-refractivity contribution in [1.29, 1.82) is 0 Å². The molecule has 1 fully saturated rings. The Labute approximate surface area is 498 Å². The molecule has 2 amide bonds. The van der Waals surface area contributed by atoms with Gasteiger partial charge in [0.25, 0.3) is 20.2 Å². The van der Waals surface area contributed by atoms with Gasteiger partial charge in [-0.05, 0) is 111 Å². The Hall–Kier alpha value is -8.11. The van der Waals surface area contributed by atoms with Crippen LogP contribution in [0, 0.1) is 0 Å². The predicted octanol–water partition coefficient (Wildman–Crippen LogP) is 9.69. The maximum absolute atomic E-state index is 13.8. The summed E-state index contributed by atoms with van der Waals surface area (Å²) >= 11 is 0. The second-order valence-corrected chi connectivity index (χ2v) is 25.2. The molecule has 5 N–H and O–H groups in total. The van der Waals surface area contributed by atoms with Crippen molar-refractivity contribution in [3.8, 4) is 17.2 Å². The minimum Gasteiger partial charge on any atom is -0.493 e. The van der Waals surface area contributed by atoms with Crippen molar-refractivity contribution in [2.45, 2.75) is 99.8 Å². The molecule has 448 valence electrons. The lowest BCUT2D eigenvalue weighted by Crippen LogP contribution is -2.51. The van der Waals surface area contributed by atoms with Crippen LogP contribution in [-0.2, 0) is 47.1 Å². The van der Waals surface area contributed by atoms with Gasteiger partial charge in [0, 0.05) is 91.4 Å². The largest absolute Gasteiger partial charge is 0.493 e. The summed E-state index contributed by atoms with van der Waals surface area (Å²) in [6.07, 6.45) is 13.2. The van der Waals surface area contributed by atoms with E-state index in [4.69, 9.17) is 29.9 Å². The molecule has 1 aromatic heterocycles. The molecule has 5 aromatic carbocycles. The fraction of sp³-hybridized carbons (Fsp3) is 0.359. The number of likely N-dealkylation sites (N-methyl/N-ethyl adjacent to an activating group) is 1. The van der Waals surface area contributed by atoms with Crippen LogP contribution in [0.4, 0.5) is 23.1 Å². The number of anilines is 3. The van der Waals surface area contributed by atoms with Crippen molar-refractivity contribution in [2.75, 3.05) is 75.6 Å². The first-order chi connectivity index (χ1) is 40.5. The van der Waals surface area contributed by atoms with Crippen molar-refractivity contribution in [2.24, 2.45) is 0 Å². The van der Waals surface area contributed by atoms with Crippen LogP contribution in [0.15, 0.2) is 149 Å². The quantitative estimate of drug-likeness (QED) is 0.0202. The van der Waals surface area contributed by atoms with E-state index in [1.165, 1.54) is 24.3 Å². The van der Waals surface area contributed by atoms with Crippen LogP contribution < -0.4 is 35.1 Å². The SMILES string of the molecule is CCN1C(=CC=CC=CC2=[N+](CCCCCC(=O)NCCOc3cccc(C4CN(C(=O)CCc5ccccc5)CCN4c4nc(N)c5cc(OC)c(OC)cc5n4)c3)c3ccc(S(=O)(=O)O)cc3C2(C)C)C(C)(C)c2cc(S(=O)(=O)O)ccc21. The summed E-state index contributed by atoms with van der Waals surface area (Å²) in [7, 11) is -5.73. The number of rotatable bonds is 23. The highest BCUT2D eigenvalue weighted by Gasteiger charge is 2.45. The van der Waals surface area contributed by atoms with Crippen molar-refractivity contribution in [3.05, 3.63) is 161 Å².